The van der Waals surface area contributed by atoms with Gasteiger partial charge >= 0.3 is 12.3 Å². The van der Waals surface area contributed by atoms with Crippen LogP contribution in [0.5, 0.6) is 5.75 Å². The number of para-hydroxylation sites is 1. The Hall–Kier alpha value is -2.65. The Morgan fingerprint density at radius 2 is 1.97 bits per heavy atom. The number of hydrogen-bond donors (Lipinski definition) is 2. The number of halogens is 3. The van der Waals surface area contributed by atoms with Gasteiger partial charge in [0, 0.05) is 38.3 Å². The number of alkyl halides is 3. The summed E-state index contributed by atoms with van der Waals surface area (Å²) >= 11 is 0. The molecule has 0 spiro atoms. The van der Waals surface area contributed by atoms with E-state index in [0.29, 0.717) is 31.2 Å². The number of guanidine groups is 1. The van der Waals surface area contributed by atoms with Gasteiger partial charge in [0.15, 0.2) is 12.6 Å². The molecule has 1 aliphatic heterocycles. The highest BCUT2D eigenvalue weighted by molar-refractivity contribution is 5.80. The van der Waals surface area contributed by atoms with Gasteiger partial charge in [0.25, 0.3) is 0 Å². The Kier molecular flexibility index (Phi) is 8.41. The second kappa shape index (κ2) is 10.8. The number of hydrogen-bond acceptors (Lipinski definition) is 4. The van der Waals surface area contributed by atoms with Crippen molar-refractivity contribution in [3.05, 3.63) is 29.8 Å². The van der Waals surface area contributed by atoms with Crippen LogP contribution in [0.3, 0.4) is 0 Å². The average Bonchev–Trinajstić information content (AvgIpc) is 2.70. The third kappa shape index (κ3) is 7.71. The first-order chi connectivity index (χ1) is 13.8. The average molecular weight is 416 g/mol. The minimum Gasteiger partial charge on any atom is -0.484 e. The van der Waals surface area contributed by atoms with Crippen LogP contribution in [0.2, 0.25) is 0 Å². The summed E-state index contributed by atoms with van der Waals surface area (Å²) in [7, 11) is 1.62. The van der Waals surface area contributed by atoms with Crippen molar-refractivity contribution >= 4 is 12.1 Å². The summed E-state index contributed by atoms with van der Waals surface area (Å²) in [4.78, 5) is 17.6. The van der Waals surface area contributed by atoms with Gasteiger partial charge in [-0.2, -0.15) is 13.2 Å². The van der Waals surface area contributed by atoms with Crippen molar-refractivity contribution < 1.29 is 27.4 Å². The summed E-state index contributed by atoms with van der Waals surface area (Å²) in [6.07, 6.45) is -3.21. The fraction of sp³-hybridized carbons (Fsp3) is 0.579. The lowest BCUT2D eigenvalue weighted by Gasteiger charge is -2.32. The molecule has 1 aliphatic rings. The van der Waals surface area contributed by atoms with Crippen LogP contribution >= 0.6 is 0 Å². The van der Waals surface area contributed by atoms with Crippen molar-refractivity contribution in [1.82, 2.24) is 15.5 Å². The Bertz CT molecular complexity index is 690. The summed E-state index contributed by atoms with van der Waals surface area (Å²) < 4.78 is 47.2. The molecule has 0 aromatic heterocycles. The van der Waals surface area contributed by atoms with Crippen molar-refractivity contribution in [1.29, 1.82) is 0 Å². The van der Waals surface area contributed by atoms with Gasteiger partial charge in [0.1, 0.15) is 5.75 Å². The van der Waals surface area contributed by atoms with Crippen LogP contribution in [0.4, 0.5) is 18.0 Å². The molecule has 10 heteroatoms. The minimum absolute atomic E-state index is 0.128. The molecule has 2 rings (SSSR count). The van der Waals surface area contributed by atoms with Crippen LogP contribution in [-0.2, 0) is 11.3 Å². The fourth-order valence-corrected chi connectivity index (χ4v) is 2.94. The number of likely N-dealkylation sites (tertiary alicyclic amines) is 1. The van der Waals surface area contributed by atoms with Gasteiger partial charge in [-0.1, -0.05) is 18.2 Å². The summed E-state index contributed by atoms with van der Waals surface area (Å²) in [5, 5.41) is 6.38. The zero-order valence-corrected chi connectivity index (χ0v) is 16.6. The smallest absolute Gasteiger partial charge is 0.422 e. The molecular formula is C19H27F3N4O3. The molecule has 0 saturated carbocycles. The number of amides is 1. The summed E-state index contributed by atoms with van der Waals surface area (Å²) in [6, 6.07) is 6.69. The first-order valence-corrected chi connectivity index (χ1v) is 9.48. The van der Waals surface area contributed by atoms with Crippen molar-refractivity contribution in [2.24, 2.45) is 4.99 Å². The number of ether oxygens (including phenoxy) is 2. The van der Waals surface area contributed by atoms with E-state index in [9.17, 15) is 18.0 Å². The quantitative estimate of drug-likeness (QED) is 0.551. The largest absolute Gasteiger partial charge is 0.484 e. The van der Waals surface area contributed by atoms with Gasteiger partial charge in [0.2, 0.25) is 0 Å². The van der Waals surface area contributed by atoms with Crippen LogP contribution in [0, 0.1) is 0 Å². The monoisotopic (exact) mass is 416 g/mol. The summed E-state index contributed by atoms with van der Waals surface area (Å²) in [6.45, 7) is 2.21. The van der Waals surface area contributed by atoms with Crippen molar-refractivity contribution in [2.45, 2.75) is 38.5 Å². The van der Waals surface area contributed by atoms with E-state index in [1.165, 1.54) is 6.07 Å². The van der Waals surface area contributed by atoms with Crippen molar-refractivity contribution in [2.75, 3.05) is 33.4 Å². The van der Waals surface area contributed by atoms with E-state index < -0.39 is 12.8 Å². The van der Waals surface area contributed by atoms with Gasteiger partial charge in [-0.15, -0.1) is 0 Å². The molecule has 0 atom stereocenters. The second-order valence-corrected chi connectivity index (χ2v) is 6.54. The molecule has 29 heavy (non-hydrogen) atoms. The summed E-state index contributed by atoms with van der Waals surface area (Å²) in [5.74, 6) is 0.709. The highest BCUT2D eigenvalue weighted by Crippen LogP contribution is 2.22. The second-order valence-electron chi connectivity index (χ2n) is 6.54. The van der Waals surface area contributed by atoms with Crippen LogP contribution in [0.1, 0.15) is 25.3 Å². The highest BCUT2D eigenvalue weighted by atomic mass is 19.4. The number of benzene rings is 1. The maximum Gasteiger partial charge on any atom is 0.422 e. The molecule has 0 unspecified atom stereocenters. The first kappa shape index (κ1) is 22.6. The van der Waals surface area contributed by atoms with E-state index in [1.54, 1.807) is 37.1 Å². The Balaban J connectivity index is 1.84. The third-order valence-corrected chi connectivity index (χ3v) is 4.40. The number of aliphatic imine (C=N–C) groups is 1. The van der Waals surface area contributed by atoms with Gasteiger partial charge < -0.3 is 25.0 Å². The molecule has 1 aromatic rings. The Morgan fingerprint density at radius 1 is 1.28 bits per heavy atom. The molecule has 1 aromatic carbocycles. The Labute approximate surface area is 168 Å². The lowest BCUT2D eigenvalue weighted by molar-refractivity contribution is -0.153. The van der Waals surface area contributed by atoms with E-state index in [2.05, 4.69) is 15.6 Å². The third-order valence-electron chi connectivity index (χ3n) is 4.40. The first-order valence-electron chi connectivity index (χ1n) is 9.48. The highest BCUT2D eigenvalue weighted by Gasteiger charge is 2.29. The van der Waals surface area contributed by atoms with E-state index in [0.717, 1.165) is 12.8 Å². The summed E-state index contributed by atoms with van der Waals surface area (Å²) in [5.41, 5.74) is 0.594. The van der Waals surface area contributed by atoms with Gasteiger partial charge in [0.05, 0.1) is 6.61 Å². The molecule has 1 fully saturated rings. The Morgan fingerprint density at radius 3 is 2.59 bits per heavy atom. The topological polar surface area (TPSA) is 75.2 Å². The fourth-order valence-electron chi connectivity index (χ4n) is 2.94. The number of nitrogens with zero attached hydrogens (tertiary/aromatic N) is 2. The SMILES string of the molecule is CCOC(=O)N1CCC(NC(=NC)NCc2ccccc2OCC(F)(F)F)CC1. The number of carbonyl (C=O) groups excluding carboxylic acids is 1. The molecule has 0 aliphatic carbocycles. The molecule has 1 saturated heterocycles. The van der Waals surface area contributed by atoms with E-state index in [1.807, 2.05) is 0 Å². The molecule has 2 N–H and O–H groups in total. The zero-order valence-electron chi connectivity index (χ0n) is 16.6. The lowest BCUT2D eigenvalue weighted by Crippen LogP contribution is -2.49. The van der Waals surface area contributed by atoms with Gasteiger partial charge in [-0.25, -0.2) is 4.79 Å². The molecule has 1 heterocycles. The predicted molar refractivity (Wildman–Crippen MR) is 103 cm³/mol. The van der Waals surface area contributed by atoms with Crippen LogP contribution < -0.4 is 15.4 Å². The maximum absolute atomic E-state index is 12.4. The predicted octanol–water partition coefficient (Wildman–Crippen LogP) is 2.91. The van der Waals surface area contributed by atoms with E-state index in [4.69, 9.17) is 9.47 Å². The van der Waals surface area contributed by atoms with Crippen LogP contribution in [0.25, 0.3) is 0 Å². The number of carbonyl (C=O) groups is 1. The zero-order chi connectivity index (χ0) is 21.3. The molecular weight excluding hydrogens is 389 g/mol. The molecule has 0 bridgehead atoms. The van der Waals surface area contributed by atoms with Gasteiger partial charge in [-0.3, -0.25) is 4.99 Å². The maximum atomic E-state index is 12.4. The van der Waals surface area contributed by atoms with Crippen LogP contribution in [0.15, 0.2) is 29.3 Å². The minimum atomic E-state index is -4.39. The molecule has 0 radical (unpaired) electrons. The molecule has 1 amide bonds. The van der Waals surface area contributed by atoms with Crippen molar-refractivity contribution in [3.8, 4) is 5.75 Å². The van der Waals surface area contributed by atoms with Crippen LogP contribution in [-0.4, -0.2) is 62.5 Å². The van der Waals surface area contributed by atoms with E-state index >= 15 is 0 Å². The lowest BCUT2D eigenvalue weighted by atomic mass is 10.1. The standard InChI is InChI=1S/C19H27F3N4O3/c1-3-28-18(27)26-10-8-15(9-11-26)25-17(23-2)24-12-14-6-4-5-7-16(14)29-13-19(20,21)22/h4-7,15H,3,8-13H2,1-2H3,(H2,23,24,25). The number of nitrogens with one attached hydrogen (secondary N) is 2. The molecule has 162 valence electrons. The van der Waals surface area contributed by atoms with Gasteiger partial charge in [-0.05, 0) is 25.8 Å². The number of rotatable bonds is 6. The van der Waals surface area contributed by atoms with Crippen molar-refractivity contribution in [3.63, 3.8) is 0 Å². The molecule has 7 nitrogen and oxygen atoms in total. The number of piperidine rings is 1. The van der Waals surface area contributed by atoms with E-state index in [-0.39, 0.29) is 24.4 Å². The normalized spacial score (nSPS) is 15.8.